The third-order valence-electron chi connectivity index (χ3n) is 3.74. The zero-order chi connectivity index (χ0) is 11.7. The number of nitrogens with zero attached hydrogens (tertiary/aromatic N) is 1. The summed E-state index contributed by atoms with van der Waals surface area (Å²) in [6.07, 6.45) is 2.32. The van der Waals surface area contributed by atoms with E-state index in [4.69, 9.17) is 16.3 Å². The fourth-order valence-corrected chi connectivity index (χ4v) is 3.00. The van der Waals surface area contributed by atoms with Gasteiger partial charge in [-0.05, 0) is 19.8 Å². The highest BCUT2D eigenvalue weighted by Gasteiger charge is 2.48. The molecule has 0 radical (unpaired) electrons. The molecule has 0 N–H and O–H groups in total. The number of hydrogen-bond donors (Lipinski definition) is 0. The van der Waals surface area contributed by atoms with Gasteiger partial charge in [-0.25, -0.2) is 0 Å². The van der Waals surface area contributed by atoms with Gasteiger partial charge in [-0.3, -0.25) is 4.79 Å². The smallest absolute Gasteiger partial charge is 0.240 e. The van der Waals surface area contributed by atoms with Crippen molar-refractivity contribution in [3.63, 3.8) is 0 Å². The van der Waals surface area contributed by atoms with E-state index < -0.39 is 0 Å². The van der Waals surface area contributed by atoms with Crippen molar-refractivity contribution in [2.75, 3.05) is 19.7 Å². The highest BCUT2D eigenvalue weighted by molar-refractivity contribution is 6.30. The standard InChI is InChI=1S/C12H20ClNO2/c1-3-10(13)12(15)14-6-8-5-9(7-14)11(8)16-4-2/h8-11H,3-7H2,1-2H3/t8-,9-,10+/m0/s1. The summed E-state index contributed by atoms with van der Waals surface area (Å²) in [6, 6.07) is 0. The molecule has 3 rings (SSSR count). The SMILES string of the molecule is CCOC1[C@H]2C[C@H]1CN(C(=O)[C@H](Cl)CC)C2. The first-order valence-electron chi connectivity index (χ1n) is 6.21. The van der Waals surface area contributed by atoms with Gasteiger partial charge in [0.25, 0.3) is 0 Å². The molecule has 2 heterocycles. The van der Waals surface area contributed by atoms with Crippen LogP contribution in [0.25, 0.3) is 0 Å². The Hall–Kier alpha value is -0.280. The van der Waals surface area contributed by atoms with Gasteiger partial charge in [0.2, 0.25) is 5.91 Å². The minimum atomic E-state index is -0.344. The number of hydrogen-bond acceptors (Lipinski definition) is 2. The number of halogens is 1. The molecule has 1 saturated carbocycles. The van der Waals surface area contributed by atoms with E-state index in [9.17, 15) is 4.79 Å². The number of piperidine rings is 2. The lowest BCUT2D eigenvalue weighted by Gasteiger charge is -2.53. The summed E-state index contributed by atoms with van der Waals surface area (Å²) in [6.45, 7) is 6.43. The molecule has 16 heavy (non-hydrogen) atoms. The molecule has 0 aromatic rings. The van der Waals surface area contributed by atoms with Gasteiger partial charge in [0.1, 0.15) is 5.38 Å². The van der Waals surface area contributed by atoms with E-state index >= 15 is 0 Å². The summed E-state index contributed by atoms with van der Waals surface area (Å²) >= 11 is 5.99. The van der Waals surface area contributed by atoms with Crippen molar-refractivity contribution in [1.29, 1.82) is 0 Å². The lowest BCUT2D eigenvalue weighted by molar-refractivity contribution is -0.160. The highest BCUT2D eigenvalue weighted by atomic mass is 35.5. The van der Waals surface area contributed by atoms with Crippen molar-refractivity contribution in [3.05, 3.63) is 0 Å². The van der Waals surface area contributed by atoms with Crippen LogP contribution >= 0.6 is 11.6 Å². The van der Waals surface area contributed by atoms with Crippen LogP contribution in [0.1, 0.15) is 26.7 Å². The van der Waals surface area contributed by atoms with Crippen molar-refractivity contribution >= 4 is 17.5 Å². The van der Waals surface area contributed by atoms with Crippen LogP contribution in [0.4, 0.5) is 0 Å². The van der Waals surface area contributed by atoms with Gasteiger partial charge in [0.05, 0.1) is 6.10 Å². The molecule has 1 aliphatic carbocycles. The molecule has 2 bridgehead atoms. The topological polar surface area (TPSA) is 29.5 Å². The van der Waals surface area contributed by atoms with Crippen molar-refractivity contribution < 1.29 is 9.53 Å². The predicted molar refractivity (Wildman–Crippen MR) is 63.5 cm³/mol. The van der Waals surface area contributed by atoms with Gasteiger partial charge in [-0.15, -0.1) is 11.6 Å². The third-order valence-corrected chi connectivity index (χ3v) is 4.24. The molecular formula is C12H20ClNO2. The maximum absolute atomic E-state index is 11.9. The predicted octanol–water partition coefficient (Wildman–Crippen LogP) is 1.89. The van der Waals surface area contributed by atoms with Crippen LogP contribution in [0, 0.1) is 11.8 Å². The summed E-state index contributed by atoms with van der Waals surface area (Å²) in [7, 11) is 0. The van der Waals surface area contributed by atoms with E-state index in [0.717, 1.165) is 19.7 Å². The number of carbonyl (C=O) groups excluding carboxylic acids is 1. The molecule has 0 aromatic carbocycles. The second-order valence-electron chi connectivity index (χ2n) is 4.79. The van der Waals surface area contributed by atoms with Crippen LogP contribution in [0.2, 0.25) is 0 Å². The van der Waals surface area contributed by atoms with Crippen LogP contribution in [0.3, 0.4) is 0 Å². The Labute approximate surface area is 102 Å². The second kappa shape index (κ2) is 4.92. The molecule has 92 valence electrons. The Morgan fingerprint density at radius 3 is 2.56 bits per heavy atom. The fourth-order valence-electron chi connectivity index (χ4n) is 2.86. The van der Waals surface area contributed by atoms with Crippen LogP contribution in [0.15, 0.2) is 0 Å². The van der Waals surface area contributed by atoms with E-state index in [2.05, 4.69) is 0 Å². The summed E-state index contributed by atoms with van der Waals surface area (Å²) in [5, 5.41) is -0.344. The molecular weight excluding hydrogens is 226 g/mol. The summed E-state index contributed by atoms with van der Waals surface area (Å²) in [4.78, 5) is 13.8. The van der Waals surface area contributed by atoms with E-state index in [-0.39, 0.29) is 11.3 Å². The van der Waals surface area contributed by atoms with E-state index in [1.54, 1.807) is 0 Å². The van der Waals surface area contributed by atoms with Crippen LogP contribution < -0.4 is 0 Å². The van der Waals surface area contributed by atoms with Gasteiger partial charge >= 0.3 is 0 Å². The molecule has 3 nitrogen and oxygen atoms in total. The van der Waals surface area contributed by atoms with Crippen LogP contribution in [-0.2, 0) is 9.53 Å². The van der Waals surface area contributed by atoms with Crippen molar-refractivity contribution in [1.82, 2.24) is 4.90 Å². The lowest BCUT2D eigenvalue weighted by atomic mass is 9.68. The van der Waals surface area contributed by atoms with Crippen molar-refractivity contribution in [3.8, 4) is 0 Å². The summed E-state index contributed by atoms with van der Waals surface area (Å²) in [5.74, 6) is 1.19. The number of alkyl halides is 1. The Morgan fingerprint density at radius 1 is 1.44 bits per heavy atom. The third kappa shape index (κ3) is 2.07. The summed E-state index contributed by atoms with van der Waals surface area (Å²) < 4.78 is 5.69. The quantitative estimate of drug-likeness (QED) is 0.708. The number of amides is 1. The molecule has 0 spiro atoms. The van der Waals surface area contributed by atoms with Gasteiger partial charge in [-0.2, -0.15) is 0 Å². The highest BCUT2D eigenvalue weighted by Crippen LogP contribution is 2.42. The van der Waals surface area contributed by atoms with Crippen molar-refractivity contribution in [2.45, 2.75) is 38.2 Å². The monoisotopic (exact) mass is 245 g/mol. The molecule has 0 unspecified atom stereocenters. The zero-order valence-corrected chi connectivity index (χ0v) is 10.7. The van der Waals surface area contributed by atoms with E-state index in [1.165, 1.54) is 6.42 Å². The Kier molecular flexibility index (Phi) is 3.75. The first-order valence-corrected chi connectivity index (χ1v) is 6.65. The van der Waals surface area contributed by atoms with Crippen molar-refractivity contribution in [2.24, 2.45) is 11.8 Å². The molecule has 0 aromatic heterocycles. The lowest BCUT2D eigenvalue weighted by Crippen LogP contribution is -2.61. The van der Waals surface area contributed by atoms with Crippen LogP contribution in [0.5, 0.6) is 0 Å². The maximum Gasteiger partial charge on any atom is 0.240 e. The average molecular weight is 246 g/mol. The maximum atomic E-state index is 11.9. The first-order chi connectivity index (χ1) is 7.67. The minimum Gasteiger partial charge on any atom is -0.378 e. The zero-order valence-electron chi connectivity index (χ0n) is 9.99. The van der Waals surface area contributed by atoms with Crippen LogP contribution in [-0.4, -0.2) is 42.0 Å². The molecule has 3 fully saturated rings. The largest absolute Gasteiger partial charge is 0.378 e. The Morgan fingerprint density at radius 2 is 2.06 bits per heavy atom. The normalized spacial score (nSPS) is 34.4. The molecule has 2 saturated heterocycles. The first kappa shape index (κ1) is 12.2. The number of carbonyl (C=O) groups is 1. The average Bonchev–Trinajstić information content (AvgIpc) is 2.34. The molecule has 4 heteroatoms. The second-order valence-corrected chi connectivity index (χ2v) is 5.32. The van der Waals surface area contributed by atoms with E-state index in [0.29, 0.717) is 24.4 Å². The molecule has 1 amide bonds. The fraction of sp³-hybridized carbons (Fsp3) is 0.917. The number of ether oxygens (including phenoxy) is 1. The minimum absolute atomic E-state index is 0.105. The molecule has 2 aliphatic heterocycles. The Bertz CT molecular complexity index is 260. The van der Waals surface area contributed by atoms with Gasteiger partial charge in [0, 0.05) is 31.5 Å². The Balaban J connectivity index is 1.88. The summed E-state index contributed by atoms with van der Waals surface area (Å²) in [5.41, 5.74) is 0. The molecule has 3 atom stereocenters. The van der Waals surface area contributed by atoms with Gasteiger partial charge < -0.3 is 9.64 Å². The van der Waals surface area contributed by atoms with Gasteiger partial charge in [0.15, 0.2) is 0 Å². The molecule has 3 aliphatic rings. The number of fused-ring (bicyclic) bond motifs is 2. The number of rotatable bonds is 4. The van der Waals surface area contributed by atoms with E-state index in [1.807, 2.05) is 18.7 Å². The van der Waals surface area contributed by atoms with Gasteiger partial charge in [-0.1, -0.05) is 6.92 Å².